The second kappa shape index (κ2) is 5.92. The van der Waals surface area contributed by atoms with Gasteiger partial charge in [-0.25, -0.2) is 4.79 Å². The molecular weight excluding hydrogens is 357 g/mol. The zero-order chi connectivity index (χ0) is 13.8. The van der Waals surface area contributed by atoms with E-state index in [1.807, 2.05) is 12.1 Å². The Morgan fingerprint density at radius 3 is 2.53 bits per heavy atom. The number of benzene rings is 1. The average Bonchev–Trinajstić information content (AvgIpc) is 2.40. The number of nitrogens with zero attached hydrogens (tertiary/aromatic N) is 1. The summed E-state index contributed by atoms with van der Waals surface area (Å²) in [5.41, 5.74) is 1.43. The predicted octanol–water partition coefficient (Wildman–Crippen LogP) is 2.89. The highest BCUT2D eigenvalue weighted by atomic mass is 127. The monoisotopic (exact) mass is 367 g/mol. The van der Waals surface area contributed by atoms with E-state index in [4.69, 9.17) is 4.84 Å². The van der Waals surface area contributed by atoms with Gasteiger partial charge in [0.05, 0.1) is 5.56 Å². The van der Waals surface area contributed by atoms with Crippen LogP contribution in [0.25, 0.3) is 0 Å². The highest BCUT2D eigenvalue weighted by Gasteiger charge is 2.10. The van der Waals surface area contributed by atoms with E-state index in [2.05, 4.69) is 27.7 Å². The summed E-state index contributed by atoms with van der Waals surface area (Å²) in [4.78, 5) is 27.7. The highest BCUT2D eigenvalue weighted by molar-refractivity contribution is 14.1. The van der Waals surface area contributed by atoms with E-state index in [-0.39, 0.29) is 5.78 Å². The molecule has 0 aromatic heterocycles. The first kappa shape index (κ1) is 13.7. The number of ketones is 1. The quantitative estimate of drug-likeness (QED) is 0.350. The van der Waals surface area contributed by atoms with Gasteiger partial charge in [0.15, 0.2) is 5.78 Å². The second-order valence-electron chi connectivity index (χ2n) is 3.93. The zero-order valence-electron chi connectivity index (χ0n) is 10.1. The fourth-order valence-electron chi connectivity index (χ4n) is 1.42. The number of hydrogen-bond donors (Lipinski definition) is 0. The van der Waals surface area contributed by atoms with Crippen molar-refractivity contribution >= 4 is 40.1 Å². The lowest BCUT2D eigenvalue weighted by atomic mass is 10.1. The van der Waals surface area contributed by atoms with Crippen molar-refractivity contribution in [3.05, 3.63) is 57.2 Å². The molecule has 0 saturated heterocycles. The topological polar surface area (TPSA) is 55.7 Å². The molecule has 0 spiro atoms. The first-order valence-corrected chi connectivity index (χ1v) is 6.60. The Balaban J connectivity index is 2.07. The van der Waals surface area contributed by atoms with Gasteiger partial charge in [-0.3, -0.25) is 4.79 Å². The van der Waals surface area contributed by atoms with Crippen molar-refractivity contribution in [1.29, 1.82) is 0 Å². The van der Waals surface area contributed by atoms with E-state index >= 15 is 0 Å². The normalized spacial score (nSPS) is 16.4. The molecule has 2 rings (SSSR count). The van der Waals surface area contributed by atoms with Gasteiger partial charge in [0.2, 0.25) is 0 Å². The van der Waals surface area contributed by atoms with Gasteiger partial charge in [-0.15, -0.1) is 0 Å². The maximum atomic E-state index is 11.7. The van der Waals surface area contributed by atoms with Crippen molar-refractivity contribution in [2.75, 3.05) is 0 Å². The lowest BCUT2D eigenvalue weighted by Gasteiger charge is -2.03. The van der Waals surface area contributed by atoms with Gasteiger partial charge in [0.1, 0.15) is 5.71 Å². The molecule has 0 N–H and O–H groups in total. The van der Waals surface area contributed by atoms with Gasteiger partial charge in [0.25, 0.3) is 0 Å². The molecule has 19 heavy (non-hydrogen) atoms. The second-order valence-corrected chi connectivity index (χ2v) is 5.17. The van der Waals surface area contributed by atoms with E-state index in [9.17, 15) is 9.59 Å². The molecule has 0 saturated carbocycles. The lowest BCUT2D eigenvalue weighted by Crippen LogP contribution is -2.07. The van der Waals surface area contributed by atoms with Crippen LogP contribution in [0.4, 0.5) is 0 Å². The fraction of sp³-hybridized carbons (Fsp3) is 0.0714. The van der Waals surface area contributed by atoms with Crippen LogP contribution in [-0.4, -0.2) is 17.5 Å². The number of rotatable bonds is 2. The van der Waals surface area contributed by atoms with Crippen LogP contribution < -0.4 is 0 Å². The Labute approximate surface area is 124 Å². The van der Waals surface area contributed by atoms with Crippen LogP contribution in [0.2, 0.25) is 0 Å². The number of hydrogen-bond acceptors (Lipinski definition) is 4. The molecule has 1 aromatic rings. The highest BCUT2D eigenvalue weighted by Crippen LogP contribution is 2.09. The Hall–Kier alpha value is -1.76. The number of allylic oxidation sites excluding steroid dienone is 4. The van der Waals surface area contributed by atoms with E-state index in [1.54, 1.807) is 25.1 Å². The van der Waals surface area contributed by atoms with Crippen molar-refractivity contribution < 1.29 is 14.4 Å². The first-order chi connectivity index (χ1) is 9.06. The van der Waals surface area contributed by atoms with Gasteiger partial charge in [-0.1, -0.05) is 5.16 Å². The molecule has 1 aromatic carbocycles. The SMILES string of the molecule is CC1=CC(=NOC(=O)c2ccc(I)cc2)C=CC1=O. The molecule has 0 bridgehead atoms. The van der Waals surface area contributed by atoms with Crippen molar-refractivity contribution in [3.63, 3.8) is 0 Å². The molecule has 96 valence electrons. The summed E-state index contributed by atoms with van der Waals surface area (Å²) in [6.07, 6.45) is 4.48. The lowest BCUT2D eigenvalue weighted by molar-refractivity contribution is -0.111. The molecule has 0 amide bonds. The van der Waals surface area contributed by atoms with Crippen molar-refractivity contribution in [1.82, 2.24) is 0 Å². The summed E-state index contributed by atoms with van der Waals surface area (Å²) in [5, 5.41) is 3.72. The average molecular weight is 367 g/mol. The summed E-state index contributed by atoms with van der Waals surface area (Å²) in [5.74, 6) is -0.594. The smallest absolute Gasteiger partial charge is 0.312 e. The van der Waals surface area contributed by atoms with E-state index < -0.39 is 5.97 Å². The maximum Gasteiger partial charge on any atom is 0.365 e. The minimum atomic E-state index is -0.528. The molecule has 5 heteroatoms. The molecule has 0 fully saturated rings. The van der Waals surface area contributed by atoms with Crippen LogP contribution in [-0.2, 0) is 9.63 Å². The molecule has 0 heterocycles. The van der Waals surface area contributed by atoms with E-state index in [0.29, 0.717) is 16.8 Å². The van der Waals surface area contributed by atoms with E-state index in [0.717, 1.165) is 3.57 Å². The molecule has 0 atom stereocenters. The maximum absolute atomic E-state index is 11.7. The molecule has 1 aliphatic rings. The third-order valence-corrected chi connectivity index (χ3v) is 3.19. The van der Waals surface area contributed by atoms with E-state index in [1.165, 1.54) is 12.2 Å². The van der Waals surface area contributed by atoms with Crippen molar-refractivity contribution in [2.45, 2.75) is 6.92 Å². The van der Waals surface area contributed by atoms with Gasteiger partial charge in [-0.05, 0) is 77.6 Å². The van der Waals surface area contributed by atoms with Gasteiger partial charge < -0.3 is 4.84 Å². The van der Waals surface area contributed by atoms with Crippen LogP contribution in [0.1, 0.15) is 17.3 Å². The number of carbonyl (C=O) groups excluding carboxylic acids is 2. The van der Waals surface area contributed by atoms with Crippen molar-refractivity contribution in [2.24, 2.45) is 5.16 Å². The fourth-order valence-corrected chi connectivity index (χ4v) is 1.78. The van der Waals surface area contributed by atoms with Gasteiger partial charge in [0, 0.05) is 3.57 Å². The summed E-state index contributed by atoms with van der Waals surface area (Å²) >= 11 is 2.15. The Bertz CT molecular complexity index is 612. The molecular formula is C14H10INO3. The van der Waals surface area contributed by atoms with Crippen LogP contribution in [0.5, 0.6) is 0 Å². The number of oxime groups is 1. The zero-order valence-corrected chi connectivity index (χ0v) is 12.2. The molecule has 4 nitrogen and oxygen atoms in total. The summed E-state index contributed by atoms with van der Waals surface area (Å²) in [6.45, 7) is 1.68. The molecule has 0 radical (unpaired) electrons. The van der Waals surface area contributed by atoms with Crippen LogP contribution in [0.15, 0.2) is 53.2 Å². The summed E-state index contributed by atoms with van der Waals surface area (Å²) in [6, 6.07) is 6.97. The Morgan fingerprint density at radius 1 is 1.21 bits per heavy atom. The van der Waals surface area contributed by atoms with Crippen molar-refractivity contribution in [3.8, 4) is 0 Å². The predicted molar refractivity (Wildman–Crippen MR) is 79.9 cm³/mol. The first-order valence-electron chi connectivity index (χ1n) is 5.52. The van der Waals surface area contributed by atoms with Crippen LogP contribution in [0.3, 0.4) is 0 Å². The minimum absolute atomic E-state index is 0.0667. The Morgan fingerprint density at radius 2 is 1.89 bits per heavy atom. The minimum Gasteiger partial charge on any atom is -0.312 e. The number of halogens is 1. The third-order valence-electron chi connectivity index (χ3n) is 2.47. The summed E-state index contributed by atoms with van der Waals surface area (Å²) < 4.78 is 1.03. The number of carbonyl (C=O) groups is 2. The Kier molecular flexibility index (Phi) is 4.26. The summed E-state index contributed by atoms with van der Waals surface area (Å²) in [7, 11) is 0. The van der Waals surface area contributed by atoms with Gasteiger partial charge >= 0.3 is 5.97 Å². The van der Waals surface area contributed by atoms with Gasteiger partial charge in [-0.2, -0.15) is 0 Å². The van der Waals surface area contributed by atoms with Crippen LogP contribution in [0, 0.1) is 3.57 Å². The standard InChI is InChI=1S/C14H10INO3/c1-9-8-12(6-7-13(9)17)16-19-14(18)10-2-4-11(15)5-3-10/h2-8H,1H3. The largest absolute Gasteiger partial charge is 0.365 e. The van der Waals surface area contributed by atoms with Crippen LogP contribution >= 0.6 is 22.6 Å². The molecule has 0 unspecified atom stereocenters. The molecule has 0 aliphatic heterocycles. The molecule has 1 aliphatic carbocycles. The third kappa shape index (κ3) is 3.60.